The third-order valence-corrected chi connectivity index (χ3v) is 5.93. The lowest BCUT2D eigenvalue weighted by molar-refractivity contribution is -0.134. The van der Waals surface area contributed by atoms with Crippen LogP contribution in [0.1, 0.15) is 11.1 Å². The smallest absolute Gasteiger partial charge is 0.227 e. The molecule has 0 radical (unpaired) electrons. The second-order valence-corrected chi connectivity index (χ2v) is 9.57. The van der Waals surface area contributed by atoms with Crippen LogP contribution in [0.4, 0.5) is 0 Å². The molecule has 0 bridgehead atoms. The summed E-state index contributed by atoms with van der Waals surface area (Å²) < 4.78 is 12.3. The molecule has 0 unspecified atom stereocenters. The molecule has 0 spiro atoms. The van der Waals surface area contributed by atoms with Crippen molar-refractivity contribution in [2.45, 2.75) is 12.8 Å². The fourth-order valence-corrected chi connectivity index (χ4v) is 3.66. The van der Waals surface area contributed by atoms with Gasteiger partial charge in [0.05, 0.1) is 32.8 Å². The van der Waals surface area contributed by atoms with Crippen LogP contribution in [0.5, 0.6) is 0 Å². The van der Waals surface area contributed by atoms with E-state index in [9.17, 15) is 9.59 Å². The van der Waals surface area contributed by atoms with Crippen molar-refractivity contribution in [1.82, 2.24) is 10.2 Å². The molecule has 9 heteroatoms. The second-order valence-electron chi connectivity index (χ2n) is 7.32. The number of halogens is 3. The molecule has 0 atom stereocenters. The maximum Gasteiger partial charge on any atom is 0.227 e. The lowest BCUT2D eigenvalue weighted by Crippen LogP contribution is -2.41. The Morgan fingerprint density at radius 3 is 1.64 bits per heavy atom. The van der Waals surface area contributed by atoms with E-state index in [0.29, 0.717) is 26.1 Å². The Labute approximate surface area is 217 Å². The first-order valence-electron chi connectivity index (χ1n) is 10.8. The van der Waals surface area contributed by atoms with E-state index in [1.54, 1.807) is 0 Å². The number of rotatable bonds is 4. The van der Waals surface area contributed by atoms with Gasteiger partial charge in [0, 0.05) is 41.5 Å². The highest BCUT2D eigenvalue weighted by Crippen LogP contribution is 2.12. The molecule has 1 amide bonds. The number of hydrogen-bond donors (Lipinski definition) is 1. The predicted octanol–water partition coefficient (Wildman–Crippen LogP) is 4.21. The molecular weight excluding hydrogens is 576 g/mol. The van der Waals surface area contributed by atoms with Crippen molar-refractivity contribution in [3.8, 4) is 0 Å². The number of benzene rings is 2. The SMILES string of the molecule is C1COCCN1.O=C(Cc1ccc(Br)cc1)N1CCOCC1.O=C(Cl)Cc1ccc(Br)cc1. The van der Waals surface area contributed by atoms with Crippen LogP contribution in [0.2, 0.25) is 0 Å². The van der Waals surface area contributed by atoms with Gasteiger partial charge in [0.15, 0.2) is 0 Å². The quantitative estimate of drug-likeness (QED) is 0.530. The Bertz CT molecular complexity index is 829. The lowest BCUT2D eigenvalue weighted by Gasteiger charge is -2.26. The monoisotopic (exact) mass is 602 g/mol. The van der Waals surface area contributed by atoms with Gasteiger partial charge in [-0.2, -0.15) is 0 Å². The van der Waals surface area contributed by atoms with Crippen LogP contribution in [0.25, 0.3) is 0 Å². The summed E-state index contributed by atoms with van der Waals surface area (Å²) in [4.78, 5) is 24.2. The Kier molecular flexibility index (Phi) is 13.9. The zero-order valence-corrected chi connectivity index (χ0v) is 22.3. The molecule has 0 saturated carbocycles. The fraction of sp³-hybridized carbons (Fsp3) is 0.417. The molecule has 6 nitrogen and oxygen atoms in total. The molecule has 2 aliphatic heterocycles. The van der Waals surface area contributed by atoms with Gasteiger partial charge in [-0.1, -0.05) is 56.1 Å². The molecular formula is C24H29Br2ClN2O4. The zero-order valence-electron chi connectivity index (χ0n) is 18.4. The Morgan fingerprint density at radius 1 is 0.788 bits per heavy atom. The van der Waals surface area contributed by atoms with Crippen LogP contribution < -0.4 is 5.32 Å². The van der Waals surface area contributed by atoms with Crippen LogP contribution >= 0.6 is 43.5 Å². The normalized spacial score (nSPS) is 15.4. The summed E-state index contributed by atoms with van der Waals surface area (Å²) in [6.07, 6.45) is 0.780. The lowest BCUT2D eigenvalue weighted by atomic mass is 10.1. The molecule has 180 valence electrons. The van der Waals surface area contributed by atoms with Crippen molar-refractivity contribution in [1.29, 1.82) is 0 Å². The van der Waals surface area contributed by atoms with E-state index >= 15 is 0 Å². The highest BCUT2D eigenvalue weighted by Gasteiger charge is 2.16. The van der Waals surface area contributed by atoms with Crippen LogP contribution in [-0.4, -0.2) is 68.7 Å². The molecule has 2 aromatic rings. The number of carbonyl (C=O) groups excluding carboxylic acids is 2. The molecule has 0 aliphatic carbocycles. The first-order valence-corrected chi connectivity index (χ1v) is 12.7. The van der Waals surface area contributed by atoms with Gasteiger partial charge in [0.2, 0.25) is 11.1 Å². The third-order valence-electron chi connectivity index (χ3n) is 4.74. The number of carbonyl (C=O) groups is 2. The van der Waals surface area contributed by atoms with Gasteiger partial charge >= 0.3 is 0 Å². The standard InChI is InChI=1S/C12H14BrNO2.C8H6BrClO.C4H9NO/c13-11-3-1-10(2-4-11)9-12(15)14-5-7-16-8-6-14;9-7-3-1-6(2-4-7)5-8(10)11;1-3-6-4-2-5-1/h1-4H,5-9H2;1-4H,5H2;5H,1-4H2. The summed E-state index contributed by atoms with van der Waals surface area (Å²) in [5, 5.41) is 2.83. The summed E-state index contributed by atoms with van der Waals surface area (Å²) in [7, 11) is 0. The molecule has 1 N–H and O–H groups in total. The first kappa shape index (κ1) is 28.0. The van der Waals surface area contributed by atoms with Gasteiger partial charge < -0.3 is 19.7 Å². The van der Waals surface area contributed by atoms with E-state index < -0.39 is 0 Å². The fourth-order valence-electron chi connectivity index (χ4n) is 2.98. The minimum atomic E-state index is -0.327. The molecule has 0 aromatic heterocycles. The average Bonchev–Trinajstić information content (AvgIpc) is 2.84. The Morgan fingerprint density at radius 2 is 1.24 bits per heavy atom. The molecule has 2 aliphatic rings. The minimum Gasteiger partial charge on any atom is -0.379 e. The molecule has 2 fully saturated rings. The Hall–Kier alpha value is -1.29. The number of nitrogens with one attached hydrogen (secondary N) is 1. The van der Waals surface area contributed by atoms with Crippen LogP contribution in [-0.2, 0) is 31.9 Å². The van der Waals surface area contributed by atoms with Gasteiger partial charge in [-0.3, -0.25) is 9.59 Å². The van der Waals surface area contributed by atoms with Gasteiger partial charge in [-0.05, 0) is 47.0 Å². The highest BCUT2D eigenvalue weighted by molar-refractivity contribution is 9.10. The number of ether oxygens (including phenoxy) is 2. The van der Waals surface area contributed by atoms with E-state index in [1.807, 2.05) is 53.4 Å². The van der Waals surface area contributed by atoms with Crippen molar-refractivity contribution in [2.75, 3.05) is 52.6 Å². The summed E-state index contributed by atoms with van der Waals surface area (Å²) in [6, 6.07) is 15.4. The average molecular weight is 605 g/mol. The van der Waals surface area contributed by atoms with Crippen molar-refractivity contribution >= 4 is 54.6 Å². The van der Waals surface area contributed by atoms with E-state index in [1.165, 1.54) is 0 Å². The van der Waals surface area contributed by atoms with E-state index in [-0.39, 0.29) is 11.1 Å². The van der Waals surface area contributed by atoms with Crippen molar-refractivity contribution in [3.05, 3.63) is 68.6 Å². The molecule has 2 aromatic carbocycles. The maximum absolute atomic E-state index is 11.9. The molecule has 2 saturated heterocycles. The number of nitrogens with zero attached hydrogens (tertiary/aromatic N) is 1. The summed E-state index contributed by atoms with van der Waals surface area (Å²) in [6.45, 7) is 6.59. The molecule has 33 heavy (non-hydrogen) atoms. The largest absolute Gasteiger partial charge is 0.379 e. The van der Waals surface area contributed by atoms with Crippen molar-refractivity contribution < 1.29 is 19.1 Å². The van der Waals surface area contributed by atoms with E-state index in [0.717, 1.165) is 59.5 Å². The van der Waals surface area contributed by atoms with Crippen molar-refractivity contribution in [3.63, 3.8) is 0 Å². The maximum atomic E-state index is 11.9. The van der Waals surface area contributed by atoms with Crippen molar-refractivity contribution in [2.24, 2.45) is 0 Å². The van der Waals surface area contributed by atoms with Crippen LogP contribution in [0.3, 0.4) is 0 Å². The second kappa shape index (κ2) is 16.4. The minimum absolute atomic E-state index is 0.186. The summed E-state index contributed by atoms with van der Waals surface area (Å²) >= 11 is 11.9. The van der Waals surface area contributed by atoms with Gasteiger partial charge in [-0.15, -0.1) is 0 Å². The van der Waals surface area contributed by atoms with E-state index in [4.69, 9.17) is 21.1 Å². The topological polar surface area (TPSA) is 67.9 Å². The van der Waals surface area contributed by atoms with Gasteiger partial charge in [0.1, 0.15) is 0 Å². The first-order chi connectivity index (χ1) is 15.9. The zero-order chi connectivity index (χ0) is 23.9. The summed E-state index contributed by atoms with van der Waals surface area (Å²) in [5.41, 5.74) is 1.99. The summed E-state index contributed by atoms with van der Waals surface area (Å²) in [5.74, 6) is 0.186. The molecule has 2 heterocycles. The number of amides is 1. The van der Waals surface area contributed by atoms with Crippen LogP contribution in [0.15, 0.2) is 57.5 Å². The third kappa shape index (κ3) is 12.7. The van der Waals surface area contributed by atoms with E-state index in [2.05, 4.69) is 37.2 Å². The van der Waals surface area contributed by atoms with Crippen LogP contribution in [0, 0.1) is 0 Å². The number of morpholine rings is 2. The highest BCUT2D eigenvalue weighted by atomic mass is 79.9. The number of hydrogen-bond acceptors (Lipinski definition) is 5. The predicted molar refractivity (Wildman–Crippen MR) is 138 cm³/mol. The Balaban J connectivity index is 0.000000195. The molecule has 4 rings (SSSR count). The van der Waals surface area contributed by atoms with Gasteiger partial charge in [0.25, 0.3) is 0 Å². The van der Waals surface area contributed by atoms with Gasteiger partial charge in [-0.25, -0.2) is 0 Å².